The van der Waals surface area contributed by atoms with Gasteiger partial charge < -0.3 is 14.6 Å². The van der Waals surface area contributed by atoms with Crippen LogP contribution in [0.5, 0.6) is 0 Å². The molecule has 1 fully saturated rings. The van der Waals surface area contributed by atoms with Crippen molar-refractivity contribution in [3.8, 4) is 0 Å². The van der Waals surface area contributed by atoms with Gasteiger partial charge in [0.2, 0.25) is 5.91 Å². The predicted octanol–water partition coefficient (Wildman–Crippen LogP) is 3.73. The maximum Gasteiger partial charge on any atom is 0.333 e. The summed E-state index contributed by atoms with van der Waals surface area (Å²) in [5.41, 5.74) is 3.66. The van der Waals surface area contributed by atoms with Crippen LogP contribution in [0.1, 0.15) is 32.1 Å². The third-order valence-corrected chi connectivity index (χ3v) is 6.93. The van der Waals surface area contributed by atoms with Crippen LogP contribution in [0.25, 0.3) is 0 Å². The first-order chi connectivity index (χ1) is 16.7. The SMILES string of the molecule is CN(C)c1ccc2c(c1)Sc1cc(N(C)C)ccc1N2C(=O)CCCC(=O)ON1C(=O)CCC1=O. The summed E-state index contributed by atoms with van der Waals surface area (Å²) in [5.74, 6) is -1.90. The Bertz CT molecular complexity index is 1120. The standard InChI is InChI=1S/C25H28N4O5S/c1-26(2)16-8-10-18-20(14-16)35-21-15-17(27(3)4)9-11-19(21)28(18)22(30)6-5-7-25(33)34-29-23(31)12-13-24(29)32/h8-11,14-15H,5-7,12-13H2,1-4H3. The smallest absolute Gasteiger partial charge is 0.333 e. The molecule has 3 amide bonds. The lowest BCUT2D eigenvalue weighted by Gasteiger charge is -2.32. The summed E-state index contributed by atoms with van der Waals surface area (Å²) in [6.07, 6.45) is 0.340. The van der Waals surface area contributed by atoms with Gasteiger partial charge in [0.05, 0.1) is 11.4 Å². The first-order valence-electron chi connectivity index (χ1n) is 11.4. The van der Waals surface area contributed by atoms with Gasteiger partial charge in [-0.2, -0.15) is 0 Å². The van der Waals surface area contributed by atoms with Crippen molar-refractivity contribution in [1.29, 1.82) is 0 Å². The van der Waals surface area contributed by atoms with Crippen molar-refractivity contribution in [1.82, 2.24) is 5.06 Å². The number of carbonyl (C=O) groups is 4. The van der Waals surface area contributed by atoms with Gasteiger partial charge in [0.15, 0.2) is 0 Å². The van der Waals surface area contributed by atoms with Gasteiger partial charge in [-0.05, 0) is 42.8 Å². The Morgan fingerprint density at radius 2 is 1.37 bits per heavy atom. The second kappa shape index (κ2) is 9.99. The van der Waals surface area contributed by atoms with Crippen molar-refractivity contribution in [3.63, 3.8) is 0 Å². The summed E-state index contributed by atoms with van der Waals surface area (Å²) in [7, 11) is 7.88. The van der Waals surface area contributed by atoms with Gasteiger partial charge in [-0.3, -0.25) is 19.3 Å². The number of rotatable bonds is 7. The average Bonchev–Trinajstić information content (AvgIpc) is 3.13. The maximum absolute atomic E-state index is 13.4. The molecule has 0 bridgehead atoms. The molecule has 0 N–H and O–H groups in total. The van der Waals surface area contributed by atoms with Gasteiger partial charge in [-0.1, -0.05) is 11.8 Å². The van der Waals surface area contributed by atoms with Crippen molar-refractivity contribution < 1.29 is 24.0 Å². The molecular formula is C25H28N4O5S. The normalized spacial score (nSPS) is 14.5. The Labute approximate surface area is 208 Å². The van der Waals surface area contributed by atoms with Gasteiger partial charge in [0.25, 0.3) is 11.8 Å². The number of nitrogens with zero attached hydrogens (tertiary/aromatic N) is 4. The number of hydroxylamine groups is 2. The van der Waals surface area contributed by atoms with Crippen LogP contribution in [0, 0.1) is 0 Å². The Kier molecular flexibility index (Phi) is 7.02. The highest BCUT2D eigenvalue weighted by Gasteiger charge is 2.33. The lowest BCUT2D eigenvalue weighted by atomic mass is 10.1. The highest BCUT2D eigenvalue weighted by molar-refractivity contribution is 7.99. The Balaban J connectivity index is 1.52. The summed E-state index contributed by atoms with van der Waals surface area (Å²) < 4.78 is 0. The Hall–Kier alpha value is -3.53. The second-order valence-corrected chi connectivity index (χ2v) is 9.91. The topological polar surface area (TPSA) is 90.5 Å². The fraction of sp³-hybridized carbons (Fsp3) is 0.360. The van der Waals surface area contributed by atoms with Crippen LogP contribution < -0.4 is 14.7 Å². The largest absolute Gasteiger partial charge is 0.378 e. The quantitative estimate of drug-likeness (QED) is 0.536. The summed E-state index contributed by atoms with van der Waals surface area (Å²) >= 11 is 1.62. The van der Waals surface area contributed by atoms with Crippen LogP contribution in [0.4, 0.5) is 22.7 Å². The lowest BCUT2D eigenvalue weighted by Crippen LogP contribution is -2.32. The van der Waals surface area contributed by atoms with Gasteiger partial charge >= 0.3 is 5.97 Å². The third kappa shape index (κ3) is 5.12. The number of amides is 3. The van der Waals surface area contributed by atoms with Crippen LogP contribution in [-0.2, 0) is 24.0 Å². The summed E-state index contributed by atoms with van der Waals surface area (Å²) in [6.45, 7) is 0. The monoisotopic (exact) mass is 496 g/mol. The third-order valence-electron chi connectivity index (χ3n) is 5.84. The molecule has 0 saturated carbocycles. The van der Waals surface area contributed by atoms with E-state index in [1.54, 1.807) is 16.7 Å². The zero-order chi connectivity index (χ0) is 25.3. The fourth-order valence-electron chi connectivity index (χ4n) is 3.91. The highest BCUT2D eigenvalue weighted by Crippen LogP contribution is 2.50. The van der Waals surface area contributed by atoms with Crippen molar-refractivity contribution in [2.24, 2.45) is 0 Å². The second-order valence-electron chi connectivity index (χ2n) is 8.82. The Morgan fingerprint density at radius 1 is 0.857 bits per heavy atom. The van der Waals surface area contributed by atoms with E-state index in [-0.39, 0.29) is 38.0 Å². The molecule has 0 atom stereocenters. The molecular weight excluding hydrogens is 468 g/mol. The van der Waals surface area contributed by atoms with E-state index in [0.29, 0.717) is 5.06 Å². The van der Waals surface area contributed by atoms with E-state index in [0.717, 1.165) is 32.5 Å². The van der Waals surface area contributed by atoms with Gasteiger partial charge in [0.1, 0.15) is 0 Å². The summed E-state index contributed by atoms with van der Waals surface area (Å²) in [5, 5.41) is 0.531. The van der Waals surface area contributed by atoms with Gasteiger partial charge in [0, 0.05) is 75.0 Å². The molecule has 0 aromatic heterocycles. The zero-order valence-corrected chi connectivity index (χ0v) is 21.1. The van der Waals surface area contributed by atoms with Crippen LogP contribution in [-0.4, -0.2) is 56.9 Å². The molecule has 0 aliphatic carbocycles. The molecule has 10 heteroatoms. The van der Waals surface area contributed by atoms with Gasteiger partial charge in [-0.15, -0.1) is 5.06 Å². The molecule has 2 aromatic carbocycles. The van der Waals surface area contributed by atoms with Crippen molar-refractivity contribution in [2.75, 3.05) is 42.9 Å². The summed E-state index contributed by atoms with van der Waals surface area (Å²) in [6, 6.07) is 12.0. The molecule has 2 aliphatic heterocycles. The molecule has 0 spiro atoms. The van der Waals surface area contributed by atoms with Crippen LogP contribution >= 0.6 is 11.8 Å². The lowest BCUT2D eigenvalue weighted by molar-refractivity contribution is -0.197. The number of benzene rings is 2. The van der Waals surface area contributed by atoms with Crippen molar-refractivity contribution in [3.05, 3.63) is 36.4 Å². The minimum atomic E-state index is -0.706. The summed E-state index contributed by atoms with van der Waals surface area (Å²) in [4.78, 5) is 61.4. The number of hydrogen-bond donors (Lipinski definition) is 0. The van der Waals surface area contributed by atoms with Crippen molar-refractivity contribution in [2.45, 2.75) is 41.9 Å². The first-order valence-corrected chi connectivity index (χ1v) is 12.2. The molecule has 2 heterocycles. The van der Waals surface area contributed by atoms with Gasteiger partial charge in [-0.25, -0.2) is 4.79 Å². The van der Waals surface area contributed by atoms with E-state index in [2.05, 4.69) is 12.1 Å². The molecule has 0 unspecified atom stereocenters. The Morgan fingerprint density at radius 3 is 1.86 bits per heavy atom. The fourth-order valence-corrected chi connectivity index (χ4v) is 5.04. The predicted molar refractivity (Wildman–Crippen MR) is 134 cm³/mol. The van der Waals surface area contributed by atoms with E-state index < -0.39 is 17.8 Å². The minimum Gasteiger partial charge on any atom is -0.378 e. The number of fused-ring (bicyclic) bond motifs is 2. The van der Waals surface area contributed by atoms with Crippen LogP contribution in [0.2, 0.25) is 0 Å². The molecule has 184 valence electrons. The molecule has 1 saturated heterocycles. The number of hydrogen-bond acceptors (Lipinski definition) is 8. The van der Waals surface area contributed by atoms with Crippen molar-refractivity contribution >= 4 is 58.2 Å². The molecule has 35 heavy (non-hydrogen) atoms. The minimum absolute atomic E-state index is 0.0431. The van der Waals surface area contributed by atoms with E-state index in [9.17, 15) is 19.2 Å². The van der Waals surface area contributed by atoms with E-state index in [4.69, 9.17) is 4.84 Å². The molecule has 0 radical (unpaired) electrons. The molecule has 2 aromatic rings. The van der Waals surface area contributed by atoms with Crippen LogP contribution in [0.3, 0.4) is 0 Å². The number of anilines is 4. The molecule has 2 aliphatic rings. The van der Waals surface area contributed by atoms with Crippen LogP contribution in [0.15, 0.2) is 46.2 Å². The van der Waals surface area contributed by atoms with E-state index in [1.807, 2.05) is 62.3 Å². The van der Waals surface area contributed by atoms with E-state index in [1.165, 1.54) is 0 Å². The molecule has 9 nitrogen and oxygen atoms in total. The highest BCUT2D eigenvalue weighted by atomic mass is 32.2. The first kappa shape index (κ1) is 24.6. The zero-order valence-electron chi connectivity index (χ0n) is 20.2. The number of carbonyl (C=O) groups excluding carboxylic acids is 4. The molecule has 4 rings (SSSR count). The maximum atomic E-state index is 13.4. The number of imide groups is 1. The van der Waals surface area contributed by atoms with E-state index >= 15 is 0 Å². The average molecular weight is 497 g/mol.